The van der Waals surface area contributed by atoms with Gasteiger partial charge in [0.1, 0.15) is 0 Å². The first-order valence-electron chi connectivity index (χ1n) is 5.47. The van der Waals surface area contributed by atoms with Gasteiger partial charge in [0.05, 0.1) is 11.6 Å². The molecule has 0 fully saturated rings. The van der Waals surface area contributed by atoms with Crippen molar-refractivity contribution in [2.45, 2.75) is 25.5 Å². The van der Waals surface area contributed by atoms with E-state index < -0.39 is 5.60 Å². The van der Waals surface area contributed by atoms with Gasteiger partial charge in [0.2, 0.25) is 5.91 Å². The second kappa shape index (κ2) is 6.18. The molecule has 0 saturated carbocycles. The lowest BCUT2D eigenvalue weighted by Crippen LogP contribution is -2.51. The maximum Gasteiger partial charge on any atom is 0.238 e. The zero-order chi connectivity index (χ0) is 12.9. The van der Waals surface area contributed by atoms with Gasteiger partial charge in [-0.3, -0.25) is 4.79 Å². The normalized spacial score (nSPS) is 17.0. The highest BCUT2D eigenvalue weighted by Gasteiger charge is 2.23. The van der Waals surface area contributed by atoms with Crippen LogP contribution in [0.25, 0.3) is 0 Å². The summed E-state index contributed by atoms with van der Waals surface area (Å²) >= 11 is 0. The van der Waals surface area contributed by atoms with E-state index in [2.05, 4.69) is 5.32 Å². The largest absolute Gasteiger partial charge is 0.388 e. The standard InChI is InChI=1S/C11H25N3O2/c1-9(10(15)14(5)6)12-7-11(2,16)8-13(3)4/h9,12,16H,7-8H2,1-6H3. The molecule has 2 atom stereocenters. The Hall–Kier alpha value is -0.650. The second-order valence-electron chi connectivity index (χ2n) is 5.07. The van der Waals surface area contributed by atoms with Crippen LogP contribution >= 0.6 is 0 Å². The van der Waals surface area contributed by atoms with Gasteiger partial charge in [-0.1, -0.05) is 0 Å². The predicted octanol–water partition coefficient (Wildman–Crippen LogP) is -0.635. The monoisotopic (exact) mass is 231 g/mol. The van der Waals surface area contributed by atoms with E-state index in [0.29, 0.717) is 13.1 Å². The molecule has 1 amide bonds. The van der Waals surface area contributed by atoms with Crippen LogP contribution in [-0.4, -0.2) is 73.7 Å². The Morgan fingerprint density at radius 2 is 1.88 bits per heavy atom. The maximum absolute atomic E-state index is 11.6. The first kappa shape index (κ1) is 15.3. The molecule has 0 aliphatic carbocycles. The molecule has 0 aliphatic rings. The summed E-state index contributed by atoms with van der Waals surface area (Å²) in [6.45, 7) is 4.51. The molecule has 96 valence electrons. The number of hydrogen-bond acceptors (Lipinski definition) is 4. The third-order valence-electron chi connectivity index (χ3n) is 2.26. The number of likely N-dealkylation sites (N-methyl/N-ethyl adjacent to an activating group) is 2. The van der Waals surface area contributed by atoms with Crippen LogP contribution in [0.15, 0.2) is 0 Å². The summed E-state index contributed by atoms with van der Waals surface area (Å²) in [5, 5.41) is 13.1. The van der Waals surface area contributed by atoms with Crippen molar-refractivity contribution >= 4 is 5.91 Å². The Bertz CT molecular complexity index is 227. The highest BCUT2D eigenvalue weighted by Crippen LogP contribution is 2.03. The summed E-state index contributed by atoms with van der Waals surface area (Å²) in [6.07, 6.45) is 0. The van der Waals surface area contributed by atoms with Crippen LogP contribution in [-0.2, 0) is 4.79 Å². The van der Waals surface area contributed by atoms with E-state index in [9.17, 15) is 9.90 Å². The SMILES string of the molecule is CC(NCC(C)(O)CN(C)C)C(=O)N(C)C. The van der Waals surface area contributed by atoms with Gasteiger partial charge in [0.25, 0.3) is 0 Å². The second-order valence-corrected chi connectivity index (χ2v) is 5.07. The average Bonchev–Trinajstić information content (AvgIpc) is 2.10. The molecule has 0 bridgehead atoms. The zero-order valence-corrected chi connectivity index (χ0v) is 11.2. The molecule has 0 spiro atoms. The number of aliphatic hydroxyl groups is 1. The Morgan fingerprint density at radius 3 is 2.25 bits per heavy atom. The molecular weight excluding hydrogens is 206 g/mol. The van der Waals surface area contributed by atoms with Crippen LogP contribution in [0, 0.1) is 0 Å². The molecule has 5 nitrogen and oxygen atoms in total. The van der Waals surface area contributed by atoms with Crippen molar-refractivity contribution in [3.63, 3.8) is 0 Å². The van der Waals surface area contributed by atoms with Gasteiger partial charge in [-0.25, -0.2) is 0 Å². The van der Waals surface area contributed by atoms with Gasteiger partial charge in [-0.2, -0.15) is 0 Å². The van der Waals surface area contributed by atoms with Crippen LogP contribution in [0.3, 0.4) is 0 Å². The quantitative estimate of drug-likeness (QED) is 0.639. The van der Waals surface area contributed by atoms with Crippen molar-refractivity contribution in [1.82, 2.24) is 15.1 Å². The first-order valence-corrected chi connectivity index (χ1v) is 5.47. The lowest BCUT2D eigenvalue weighted by atomic mass is 10.1. The average molecular weight is 231 g/mol. The van der Waals surface area contributed by atoms with E-state index in [4.69, 9.17) is 0 Å². The van der Waals surface area contributed by atoms with E-state index in [1.165, 1.54) is 0 Å². The highest BCUT2D eigenvalue weighted by atomic mass is 16.3. The Balaban J connectivity index is 4.09. The van der Waals surface area contributed by atoms with Gasteiger partial charge >= 0.3 is 0 Å². The molecule has 0 radical (unpaired) electrons. The third-order valence-corrected chi connectivity index (χ3v) is 2.26. The van der Waals surface area contributed by atoms with Crippen LogP contribution in [0.4, 0.5) is 0 Å². The lowest BCUT2D eigenvalue weighted by Gasteiger charge is -2.29. The molecule has 0 aromatic heterocycles. The smallest absolute Gasteiger partial charge is 0.238 e. The van der Waals surface area contributed by atoms with Gasteiger partial charge in [0, 0.05) is 27.2 Å². The topological polar surface area (TPSA) is 55.8 Å². The van der Waals surface area contributed by atoms with E-state index in [-0.39, 0.29) is 11.9 Å². The molecule has 2 N–H and O–H groups in total. The summed E-state index contributed by atoms with van der Waals surface area (Å²) in [5.41, 5.74) is -0.829. The van der Waals surface area contributed by atoms with Crippen LogP contribution in [0.1, 0.15) is 13.8 Å². The first-order chi connectivity index (χ1) is 7.15. The zero-order valence-electron chi connectivity index (χ0n) is 11.2. The van der Waals surface area contributed by atoms with Crippen molar-refractivity contribution in [3.8, 4) is 0 Å². The minimum atomic E-state index is -0.829. The molecule has 0 aliphatic heterocycles. The third kappa shape index (κ3) is 6.05. The number of carbonyl (C=O) groups excluding carboxylic acids is 1. The molecular formula is C11H25N3O2. The highest BCUT2D eigenvalue weighted by molar-refractivity contribution is 5.80. The number of amides is 1. The Kier molecular flexibility index (Phi) is 5.92. The van der Waals surface area contributed by atoms with Crippen molar-refractivity contribution in [2.24, 2.45) is 0 Å². The number of carbonyl (C=O) groups is 1. The summed E-state index contributed by atoms with van der Waals surface area (Å²) in [7, 11) is 7.25. The van der Waals surface area contributed by atoms with Crippen LogP contribution in [0.2, 0.25) is 0 Å². The number of nitrogens with zero attached hydrogens (tertiary/aromatic N) is 2. The van der Waals surface area contributed by atoms with Crippen LogP contribution < -0.4 is 5.32 Å². The molecule has 0 aromatic rings. The van der Waals surface area contributed by atoms with E-state index >= 15 is 0 Å². The molecule has 0 heterocycles. The lowest BCUT2D eigenvalue weighted by molar-refractivity contribution is -0.130. The summed E-state index contributed by atoms with van der Waals surface area (Å²) < 4.78 is 0. The molecule has 16 heavy (non-hydrogen) atoms. The summed E-state index contributed by atoms with van der Waals surface area (Å²) in [5.74, 6) is 0.0145. The Labute approximate surface area is 98.4 Å². The molecule has 0 rings (SSSR count). The predicted molar refractivity (Wildman–Crippen MR) is 65.3 cm³/mol. The van der Waals surface area contributed by atoms with Gasteiger partial charge in [-0.05, 0) is 27.9 Å². The Morgan fingerprint density at radius 1 is 1.38 bits per heavy atom. The van der Waals surface area contributed by atoms with Crippen molar-refractivity contribution < 1.29 is 9.90 Å². The van der Waals surface area contributed by atoms with Gasteiger partial charge in [-0.15, -0.1) is 0 Å². The number of nitrogens with one attached hydrogen (secondary N) is 1. The van der Waals surface area contributed by atoms with Crippen molar-refractivity contribution in [2.75, 3.05) is 41.3 Å². The molecule has 5 heteroatoms. The van der Waals surface area contributed by atoms with Crippen LogP contribution in [0.5, 0.6) is 0 Å². The van der Waals surface area contributed by atoms with Crippen molar-refractivity contribution in [1.29, 1.82) is 0 Å². The van der Waals surface area contributed by atoms with E-state index in [1.54, 1.807) is 32.8 Å². The van der Waals surface area contributed by atoms with Gasteiger partial charge in [0.15, 0.2) is 0 Å². The molecule has 0 aromatic carbocycles. The number of rotatable bonds is 6. The fourth-order valence-corrected chi connectivity index (χ4v) is 1.58. The minimum absolute atomic E-state index is 0.0145. The fraction of sp³-hybridized carbons (Fsp3) is 0.909. The number of hydrogen-bond donors (Lipinski definition) is 2. The summed E-state index contributed by atoms with van der Waals surface area (Å²) in [4.78, 5) is 15.0. The van der Waals surface area contributed by atoms with E-state index in [0.717, 1.165) is 0 Å². The molecule has 0 saturated heterocycles. The van der Waals surface area contributed by atoms with E-state index in [1.807, 2.05) is 19.0 Å². The fourth-order valence-electron chi connectivity index (χ4n) is 1.58. The minimum Gasteiger partial charge on any atom is -0.388 e. The maximum atomic E-state index is 11.6. The van der Waals surface area contributed by atoms with Crippen molar-refractivity contribution in [3.05, 3.63) is 0 Å². The van der Waals surface area contributed by atoms with Gasteiger partial charge < -0.3 is 20.2 Å². The summed E-state index contributed by atoms with van der Waals surface area (Å²) in [6, 6.07) is -0.274. The molecule has 2 unspecified atom stereocenters.